The first kappa shape index (κ1) is 15.1. The molecule has 3 rings (SSSR count). The number of hydrogen-bond donors (Lipinski definition) is 3. The lowest BCUT2D eigenvalue weighted by molar-refractivity contribution is 0.102. The average molecular weight is 353 g/mol. The SMILES string of the molecule is NNc1nc2cc(NC(=O)c3ccc(Cl)cc3Cl)ccc2s1. The molecular weight excluding hydrogens is 343 g/mol. The minimum atomic E-state index is -0.312. The van der Waals surface area contributed by atoms with E-state index in [0.29, 0.717) is 26.4 Å². The summed E-state index contributed by atoms with van der Waals surface area (Å²) in [6.45, 7) is 0. The summed E-state index contributed by atoms with van der Waals surface area (Å²) < 4.78 is 0.968. The highest BCUT2D eigenvalue weighted by atomic mass is 35.5. The zero-order valence-electron chi connectivity index (χ0n) is 11.1. The topological polar surface area (TPSA) is 80.0 Å². The molecule has 1 aromatic heterocycles. The monoisotopic (exact) mass is 352 g/mol. The van der Waals surface area contributed by atoms with Crippen LogP contribution in [0, 0.1) is 0 Å². The van der Waals surface area contributed by atoms with Crippen molar-refractivity contribution in [3.8, 4) is 0 Å². The molecule has 112 valence electrons. The highest BCUT2D eigenvalue weighted by Crippen LogP contribution is 2.28. The second-order valence-electron chi connectivity index (χ2n) is 4.42. The summed E-state index contributed by atoms with van der Waals surface area (Å²) in [5.41, 5.74) is 4.23. The third-order valence-electron chi connectivity index (χ3n) is 2.94. The third kappa shape index (κ3) is 3.00. The van der Waals surface area contributed by atoms with E-state index < -0.39 is 0 Å². The summed E-state index contributed by atoms with van der Waals surface area (Å²) in [6, 6.07) is 10.2. The maximum Gasteiger partial charge on any atom is 0.257 e. The molecule has 8 heteroatoms. The Morgan fingerprint density at radius 1 is 1.18 bits per heavy atom. The molecule has 0 saturated heterocycles. The van der Waals surface area contributed by atoms with Gasteiger partial charge in [-0.3, -0.25) is 10.2 Å². The summed E-state index contributed by atoms with van der Waals surface area (Å²) in [6.07, 6.45) is 0. The number of fused-ring (bicyclic) bond motifs is 1. The van der Waals surface area contributed by atoms with Crippen molar-refractivity contribution in [3.63, 3.8) is 0 Å². The van der Waals surface area contributed by atoms with E-state index in [-0.39, 0.29) is 5.91 Å². The molecule has 0 saturated carbocycles. The number of nitrogens with two attached hydrogens (primary N) is 1. The molecule has 0 aliphatic rings. The van der Waals surface area contributed by atoms with Gasteiger partial charge in [0.1, 0.15) is 0 Å². The molecule has 0 aliphatic heterocycles. The molecule has 4 N–H and O–H groups in total. The Morgan fingerprint density at radius 2 is 2.00 bits per heavy atom. The van der Waals surface area contributed by atoms with Crippen molar-refractivity contribution < 1.29 is 4.79 Å². The number of halogens is 2. The standard InChI is InChI=1S/C14H10Cl2N4OS/c15-7-1-3-9(10(16)5-7)13(21)18-8-2-4-12-11(6-8)19-14(20-17)22-12/h1-6H,17H2,(H,18,21)(H,19,20). The van der Waals surface area contributed by atoms with Gasteiger partial charge in [-0.15, -0.1) is 0 Å². The smallest absolute Gasteiger partial charge is 0.257 e. The number of amides is 1. The highest BCUT2D eigenvalue weighted by molar-refractivity contribution is 7.22. The van der Waals surface area contributed by atoms with Gasteiger partial charge in [-0.1, -0.05) is 34.5 Å². The van der Waals surface area contributed by atoms with Crippen LogP contribution in [-0.4, -0.2) is 10.9 Å². The number of nitrogens with one attached hydrogen (secondary N) is 2. The fraction of sp³-hybridized carbons (Fsp3) is 0. The van der Waals surface area contributed by atoms with Crippen LogP contribution in [0.2, 0.25) is 10.0 Å². The molecule has 0 fully saturated rings. The maximum atomic E-state index is 12.3. The van der Waals surface area contributed by atoms with E-state index in [9.17, 15) is 4.79 Å². The Balaban J connectivity index is 1.87. The maximum absolute atomic E-state index is 12.3. The molecule has 2 aromatic carbocycles. The van der Waals surface area contributed by atoms with Crippen molar-refractivity contribution in [2.24, 2.45) is 5.84 Å². The van der Waals surface area contributed by atoms with Crippen molar-refractivity contribution in [1.82, 2.24) is 4.98 Å². The number of hydrazine groups is 1. The van der Waals surface area contributed by atoms with E-state index in [1.807, 2.05) is 6.07 Å². The van der Waals surface area contributed by atoms with Gasteiger partial charge in [-0.2, -0.15) is 0 Å². The van der Waals surface area contributed by atoms with Gasteiger partial charge in [-0.25, -0.2) is 10.8 Å². The molecule has 0 radical (unpaired) electrons. The number of hydrogen-bond acceptors (Lipinski definition) is 5. The zero-order chi connectivity index (χ0) is 15.7. The molecule has 0 spiro atoms. The molecule has 0 unspecified atom stereocenters. The molecule has 1 heterocycles. The van der Waals surface area contributed by atoms with Gasteiger partial charge >= 0.3 is 0 Å². The Labute approximate surface area is 140 Å². The number of carbonyl (C=O) groups is 1. The van der Waals surface area contributed by atoms with Gasteiger partial charge in [0.05, 0.1) is 20.8 Å². The first-order valence-electron chi connectivity index (χ1n) is 6.20. The van der Waals surface area contributed by atoms with Gasteiger partial charge in [0.15, 0.2) is 5.13 Å². The Morgan fingerprint density at radius 3 is 2.73 bits per heavy atom. The molecule has 22 heavy (non-hydrogen) atoms. The number of nitrogen functional groups attached to an aromatic ring is 1. The van der Waals surface area contributed by atoms with Gasteiger partial charge in [0.2, 0.25) is 0 Å². The molecule has 0 bridgehead atoms. The number of thiazole rings is 1. The number of carbonyl (C=O) groups excluding carboxylic acids is 1. The molecule has 5 nitrogen and oxygen atoms in total. The minimum Gasteiger partial charge on any atom is -0.322 e. The van der Waals surface area contributed by atoms with E-state index in [0.717, 1.165) is 10.2 Å². The van der Waals surface area contributed by atoms with E-state index >= 15 is 0 Å². The quantitative estimate of drug-likeness (QED) is 0.488. The number of benzene rings is 2. The van der Waals surface area contributed by atoms with Crippen LogP contribution in [-0.2, 0) is 0 Å². The van der Waals surface area contributed by atoms with E-state index in [2.05, 4.69) is 15.7 Å². The number of rotatable bonds is 3. The first-order chi connectivity index (χ1) is 10.6. The van der Waals surface area contributed by atoms with Crippen LogP contribution in [0.4, 0.5) is 10.8 Å². The predicted octanol–water partition coefficient (Wildman–Crippen LogP) is 4.14. The van der Waals surface area contributed by atoms with E-state index in [4.69, 9.17) is 29.0 Å². The summed E-state index contributed by atoms with van der Waals surface area (Å²) in [5, 5.41) is 4.17. The zero-order valence-corrected chi connectivity index (χ0v) is 13.4. The normalized spacial score (nSPS) is 10.7. The molecule has 1 amide bonds. The number of anilines is 2. The summed E-state index contributed by atoms with van der Waals surface area (Å²) >= 11 is 13.3. The van der Waals surface area contributed by atoms with Crippen LogP contribution in [0.25, 0.3) is 10.2 Å². The van der Waals surface area contributed by atoms with Crippen molar-refractivity contribution >= 4 is 61.5 Å². The van der Waals surface area contributed by atoms with E-state index in [1.54, 1.807) is 24.3 Å². The van der Waals surface area contributed by atoms with Crippen LogP contribution >= 0.6 is 34.5 Å². The number of aromatic nitrogens is 1. The molecule has 3 aromatic rings. The van der Waals surface area contributed by atoms with Gasteiger partial charge in [-0.05, 0) is 36.4 Å². The van der Waals surface area contributed by atoms with Crippen LogP contribution in [0.5, 0.6) is 0 Å². The molecular formula is C14H10Cl2N4OS. The van der Waals surface area contributed by atoms with Crippen molar-refractivity contribution in [3.05, 3.63) is 52.0 Å². The second kappa shape index (κ2) is 6.10. The van der Waals surface area contributed by atoms with E-state index in [1.165, 1.54) is 17.4 Å². The fourth-order valence-corrected chi connectivity index (χ4v) is 3.19. The fourth-order valence-electron chi connectivity index (χ4n) is 1.94. The number of nitrogens with zero attached hydrogens (tertiary/aromatic N) is 1. The predicted molar refractivity (Wildman–Crippen MR) is 91.8 cm³/mol. The summed E-state index contributed by atoms with van der Waals surface area (Å²) in [4.78, 5) is 16.5. The van der Waals surface area contributed by atoms with Crippen molar-refractivity contribution in [1.29, 1.82) is 0 Å². The summed E-state index contributed by atoms with van der Waals surface area (Å²) in [5.74, 6) is 5.03. The Hall–Kier alpha value is -1.86. The minimum absolute atomic E-state index is 0.300. The third-order valence-corrected chi connectivity index (χ3v) is 4.46. The lowest BCUT2D eigenvalue weighted by Gasteiger charge is -2.07. The second-order valence-corrected chi connectivity index (χ2v) is 6.30. The first-order valence-corrected chi connectivity index (χ1v) is 7.77. The van der Waals surface area contributed by atoms with Crippen LogP contribution in [0.1, 0.15) is 10.4 Å². The van der Waals surface area contributed by atoms with Crippen LogP contribution < -0.4 is 16.6 Å². The lowest BCUT2D eigenvalue weighted by atomic mass is 10.2. The average Bonchev–Trinajstić information content (AvgIpc) is 2.89. The van der Waals surface area contributed by atoms with Gasteiger partial charge in [0, 0.05) is 10.7 Å². The Kier molecular flexibility index (Phi) is 4.17. The molecule has 0 aliphatic carbocycles. The Bertz CT molecular complexity index is 865. The largest absolute Gasteiger partial charge is 0.322 e. The van der Waals surface area contributed by atoms with Crippen LogP contribution in [0.15, 0.2) is 36.4 Å². The van der Waals surface area contributed by atoms with Crippen molar-refractivity contribution in [2.45, 2.75) is 0 Å². The lowest BCUT2D eigenvalue weighted by Crippen LogP contribution is -2.12. The van der Waals surface area contributed by atoms with Gasteiger partial charge < -0.3 is 5.32 Å². The van der Waals surface area contributed by atoms with Gasteiger partial charge in [0.25, 0.3) is 5.91 Å². The summed E-state index contributed by atoms with van der Waals surface area (Å²) in [7, 11) is 0. The van der Waals surface area contributed by atoms with Crippen LogP contribution in [0.3, 0.4) is 0 Å². The highest BCUT2D eigenvalue weighted by Gasteiger charge is 2.12. The molecule has 0 atom stereocenters. The van der Waals surface area contributed by atoms with Crippen molar-refractivity contribution in [2.75, 3.05) is 10.7 Å².